The van der Waals surface area contributed by atoms with Crippen molar-refractivity contribution in [1.29, 1.82) is 0 Å². The summed E-state index contributed by atoms with van der Waals surface area (Å²) in [5, 5.41) is 17.3. The second-order valence-electron chi connectivity index (χ2n) is 4.16. The lowest BCUT2D eigenvalue weighted by molar-refractivity contribution is -0.151. The molecule has 1 atom stereocenters. The van der Waals surface area contributed by atoms with Crippen LogP contribution in [0.5, 0.6) is 0 Å². The quantitative estimate of drug-likeness (QED) is 0.617. The first kappa shape index (κ1) is 13.9. The third kappa shape index (κ3) is 3.44. The molecule has 1 heterocycles. The molecule has 0 aromatic heterocycles. The van der Waals surface area contributed by atoms with Gasteiger partial charge in [-0.15, -0.1) is 0 Å². The van der Waals surface area contributed by atoms with Crippen molar-refractivity contribution in [3.05, 3.63) is 0 Å². The maximum atomic E-state index is 11.9. The Kier molecular flexibility index (Phi) is 4.24. The zero-order valence-corrected chi connectivity index (χ0v) is 9.83. The van der Waals surface area contributed by atoms with Crippen molar-refractivity contribution in [3.63, 3.8) is 0 Å². The second-order valence-corrected chi connectivity index (χ2v) is 4.16. The van der Waals surface area contributed by atoms with Gasteiger partial charge in [-0.25, -0.2) is 0 Å². The van der Waals surface area contributed by atoms with E-state index in [1.807, 2.05) is 0 Å². The van der Waals surface area contributed by atoms with Crippen LogP contribution in [0.3, 0.4) is 0 Å². The number of likely N-dealkylation sites (tertiary alicyclic amines) is 1. The minimum Gasteiger partial charge on any atom is -0.480 e. The summed E-state index contributed by atoms with van der Waals surface area (Å²) in [5.74, 6) is -4.07. The summed E-state index contributed by atoms with van der Waals surface area (Å²) in [6.07, 6.45) is -0.00886. The monoisotopic (exact) mass is 258 g/mol. The normalized spacial score (nSPS) is 18.8. The number of carbonyl (C=O) groups is 4. The minimum atomic E-state index is -1.29. The van der Waals surface area contributed by atoms with Crippen LogP contribution in [-0.4, -0.2) is 70.4 Å². The second kappa shape index (κ2) is 5.48. The van der Waals surface area contributed by atoms with E-state index in [9.17, 15) is 19.2 Å². The van der Waals surface area contributed by atoms with Crippen molar-refractivity contribution >= 4 is 23.8 Å². The highest BCUT2D eigenvalue weighted by molar-refractivity contribution is 5.92. The standard InChI is InChI=1S/C10H14N2O6/c1-11-3-6(2-7(11)13)10(18)12(4-8(14)15)5-9(16)17/h6H,2-5H2,1H3,(H,14,15)(H,16,17). The topological polar surface area (TPSA) is 115 Å². The third-order valence-electron chi connectivity index (χ3n) is 2.65. The molecule has 1 unspecified atom stereocenters. The van der Waals surface area contributed by atoms with Crippen molar-refractivity contribution in [1.82, 2.24) is 9.80 Å². The molecule has 0 saturated carbocycles. The summed E-state index contributed by atoms with van der Waals surface area (Å²) in [5.41, 5.74) is 0. The van der Waals surface area contributed by atoms with Crippen LogP contribution in [-0.2, 0) is 19.2 Å². The van der Waals surface area contributed by atoms with Crippen LogP contribution in [0.2, 0.25) is 0 Å². The summed E-state index contributed by atoms with van der Waals surface area (Å²) in [4.78, 5) is 46.5. The summed E-state index contributed by atoms with van der Waals surface area (Å²) in [7, 11) is 1.54. The van der Waals surface area contributed by atoms with Gasteiger partial charge in [0.2, 0.25) is 11.8 Å². The summed E-state index contributed by atoms with van der Waals surface area (Å²) >= 11 is 0. The Bertz CT molecular complexity index is 378. The molecular formula is C10H14N2O6. The molecule has 1 rings (SSSR count). The molecule has 1 fully saturated rings. The van der Waals surface area contributed by atoms with Gasteiger partial charge in [-0.05, 0) is 0 Å². The van der Waals surface area contributed by atoms with Crippen LogP contribution in [0.4, 0.5) is 0 Å². The first-order valence-corrected chi connectivity index (χ1v) is 5.27. The fraction of sp³-hybridized carbons (Fsp3) is 0.600. The lowest BCUT2D eigenvalue weighted by Crippen LogP contribution is -2.43. The van der Waals surface area contributed by atoms with Gasteiger partial charge in [0.15, 0.2) is 0 Å². The van der Waals surface area contributed by atoms with Crippen LogP contribution in [0.25, 0.3) is 0 Å². The molecule has 1 aliphatic heterocycles. The van der Waals surface area contributed by atoms with Crippen LogP contribution in [0.1, 0.15) is 6.42 Å². The van der Waals surface area contributed by atoms with E-state index in [4.69, 9.17) is 10.2 Å². The Morgan fingerprint density at radius 2 is 1.78 bits per heavy atom. The predicted molar refractivity (Wildman–Crippen MR) is 57.6 cm³/mol. The molecular weight excluding hydrogens is 244 g/mol. The molecule has 0 spiro atoms. The maximum absolute atomic E-state index is 11.9. The Balaban J connectivity index is 2.73. The largest absolute Gasteiger partial charge is 0.480 e. The number of nitrogens with zero attached hydrogens (tertiary/aromatic N) is 2. The van der Waals surface area contributed by atoms with Gasteiger partial charge in [0.25, 0.3) is 0 Å². The number of carbonyl (C=O) groups excluding carboxylic acids is 2. The summed E-state index contributed by atoms with van der Waals surface area (Å²) in [6.45, 7) is -1.17. The van der Waals surface area contributed by atoms with E-state index in [2.05, 4.69) is 0 Å². The van der Waals surface area contributed by atoms with Gasteiger partial charge >= 0.3 is 11.9 Å². The van der Waals surface area contributed by atoms with Crippen molar-refractivity contribution < 1.29 is 29.4 Å². The highest BCUT2D eigenvalue weighted by Gasteiger charge is 2.35. The number of rotatable bonds is 5. The van der Waals surface area contributed by atoms with E-state index in [-0.39, 0.29) is 18.9 Å². The molecule has 0 bridgehead atoms. The molecule has 1 aliphatic rings. The summed E-state index contributed by atoms with van der Waals surface area (Å²) in [6, 6.07) is 0. The van der Waals surface area contributed by atoms with E-state index in [0.29, 0.717) is 0 Å². The van der Waals surface area contributed by atoms with Crippen molar-refractivity contribution in [2.24, 2.45) is 5.92 Å². The fourth-order valence-corrected chi connectivity index (χ4v) is 1.83. The van der Waals surface area contributed by atoms with Crippen LogP contribution in [0.15, 0.2) is 0 Å². The zero-order valence-electron chi connectivity index (χ0n) is 9.83. The highest BCUT2D eigenvalue weighted by atomic mass is 16.4. The van der Waals surface area contributed by atoms with E-state index < -0.39 is 36.9 Å². The Hall–Kier alpha value is -2.12. The first-order valence-electron chi connectivity index (χ1n) is 5.27. The van der Waals surface area contributed by atoms with E-state index in [1.54, 1.807) is 0 Å². The molecule has 1 saturated heterocycles. The molecule has 8 nitrogen and oxygen atoms in total. The first-order chi connectivity index (χ1) is 8.31. The summed E-state index contributed by atoms with van der Waals surface area (Å²) < 4.78 is 0. The predicted octanol–water partition coefficient (Wildman–Crippen LogP) is -1.54. The van der Waals surface area contributed by atoms with Crippen molar-refractivity contribution in [2.45, 2.75) is 6.42 Å². The Morgan fingerprint density at radius 3 is 2.11 bits per heavy atom. The van der Waals surface area contributed by atoms with Gasteiger partial charge in [-0.2, -0.15) is 0 Å². The molecule has 8 heteroatoms. The van der Waals surface area contributed by atoms with Crippen LogP contribution >= 0.6 is 0 Å². The van der Waals surface area contributed by atoms with Crippen LogP contribution < -0.4 is 0 Å². The molecule has 0 aromatic rings. The Morgan fingerprint density at radius 1 is 1.28 bits per heavy atom. The average molecular weight is 258 g/mol. The molecule has 100 valence electrons. The van der Waals surface area contributed by atoms with Gasteiger partial charge in [0, 0.05) is 20.0 Å². The minimum absolute atomic E-state index is 0.00886. The Labute approximate surface area is 103 Å². The average Bonchev–Trinajstić information content (AvgIpc) is 2.56. The molecule has 2 amide bonds. The van der Waals surface area contributed by atoms with Gasteiger partial charge in [-0.3, -0.25) is 19.2 Å². The van der Waals surface area contributed by atoms with Crippen molar-refractivity contribution in [2.75, 3.05) is 26.7 Å². The van der Waals surface area contributed by atoms with Crippen molar-refractivity contribution in [3.8, 4) is 0 Å². The van der Waals surface area contributed by atoms with Gasteiger partial charge in [0.05, 0.1) is 5.92 Å². The molecule has 0 aromatic carbocycles. The molecule has 18 heavy (non-hydrogen) atoms. The van der Waals surface area contributed by atoms with E-state index >= 15 is 0 Å². The molecule has 2 N–H and O–H groups in total. The number of amides is 2. The number of carboxylic acids is 2. The number of carboxylic acid groups (broad SMARTS) is 2. The molecule has 0 aliphatic carbocycles. The van der Waals surface area contributed by atoms with Gasteiger partial charge in [0.1, 0.15) is 13.1 Å². The number of hydrogen-bond donors (Lipinski definition) is 2. The number of aliphatic carboxylic acids is 2. The molecule has 0 radical (unpaired) electrons. The fourth-order valence-electron chi connectivity index (χ4n) is 1.83. The zero-order chi connectivity index (χ0) is 13.9. The van der Waals surface area contributed by atoms with Gasteiger partial charge < -0.3 is 20.0 Å². The highest BCUT2D eigenvalue weighted by Crippen LogP contribution is 2.18. The maximum Gasteiger partial charge on any atom is 0.323 e. The van der Waals surface area contributed by atoms with Gasteiger partial charge in [-0.1, -0.05) is 0 Å². The third-order valence-corrected chi connectivity index (χ3v) is 2.65. The smallest absolute Gasteiger partial charge is 0.323 e. The van der Waals surface area contributed by atoms with Crippen LogP contribution in [0, 0.1) is 5.92 Å². The van der Waals surface area contributed by atoms with E-state index in [1.165, 1.54) is 11.9 Å². The SMILES string of the molecule is CN1CC(C(=O)N(CC(=O)O)CC(=O)O)CC1=O. The lowest BCUT2D eigenvalue weighted by atomic mass is 10.1. The van der Waals surface area contributed by atoms with E-state index in [0.717, 1.165) is 4.90 Å². The number of hydrogen-bond acceptors (Lipinski definition) is 4. The lowest BCUT2D eigenvalue weighted by Gasteiger charge is -2.21.